The minimum Gasteiger partial charge on any atom is -0.472 e. The van der Waals surface area contributed by atoms with Crippen LogP contribution in [0.2, 0.25) is 0 Å². The molecule has 0 amide bonds. The second-order valence-electron chi connectivity index (χ2n) is 9.46. The number of likely N-dealkylation sites (N-methyl/N-ethyl adjacent to an activating group) is 1. The molecule has 31 heavy (non-hydrogen) atoms. The molecular weight excluding hydrogens is 390 g/mol. The molecule has 1 saturated carbocycles. The molecule has 7 heteroatoms. The van der Waals surface area contributed by atoms with Crippen molar-refractivity contribution in [2.75, 3.05) is 25.5 Å². The molecule has 7 nitrogen and oxygen atoms in total. The van der Waals surface area contributed by atoms with E-state index in [1.807, 2.05) is 12.4 Å². The number of ether oxygens (including phenoxy) is 1. The summed E-state index contributed by atoms with van der Waals surface area (Å²) in [5, 5.41) is 14.3. The van der Waals surface area contributed by atoms with Gasteiger partial charge in [-0.25, -0.2) is 15.0 Å². The average Bonchev–Trinajstić information content (AvgIpc) is 2.75. The maximum absolute atomic E-state index is 9.95. The third-order valence-electron chi connectivity index (χ3n) is 6.71. The van der Waals surface area contributed by atoms with Gasteiger partial charge in [0.25, 0.3) is 0 Å². The zero-order valence-corrected chi connectivity index (χ0v) is 19.2. The smallest absolute Gasteiger partial charge is 0.224 e. The van der Waals surface area contributed by atoms with E-state index in [2.05, 4.69) is 36.1 Å². The van der Waals surface area contributed by atoms with Crippen molar-refractivity contribution in [2.45, 2.75) is 89.4 Å². The molecule has 1 unspecified atom stereocenters. The molecule has 2 aliphatic rings. The largest absolute Gasteiger partial charge is 0.472 e. The summed E-state index contributed by atoms with van der Waals surface area (Å²) in [5.41, 5.74) is 2.10. The van der Waals surface area contributed by atoms with E-state index in [0.29, 0.717) is 23.8 Å². The Morgan fingerprint density at radius 1 is 1.19 bits per heavy atom. The van der Waals surface area contributed by atoms with Crippen molar-refractivity contribution in [3.63, 3.8) is 0 Å². The Hall–Kier alpha value is -1.99. The molecule has 170 valence electrons. The normalized spacial score (nSPS) is 26.0. The number of fused-ring (bicyclic) bond motifs is 1. The minimum absolute atomic E-state index is 0.146. The maximum atomic E-state index is 9.95. The topological polar surface area (TPSA) is 83.4 Å². The van der Waals surface area contributed by atoms with Gasteiger partial charge in [-0.05, 0) is 71.4 Å². The number of nitrogens with one attached hydrogen (secondary N) is 1. The van der Waals surface area contributed by atoms with Gasteiger partial charge in [0.05, 0.1) is 17.0 Å². The summed E-state index contributed by atoms with van der Waals surface area (Å²) in [4.78, 5) is 16.6. The van der Waals surface area contributed by atoms with Crippen LogP contribution in [-0.2, 0) is 0 Å². The lowest BCUT2D eigenvalue weighted by atomic mass is 9.83. The lowest BCUT2D eigenvalue weighted by Gasteiger charge is -2.30. The van der Waals surface area contributed by atoms with E-state index in [9.17, 15) is 5.11 Å². The van der Waals surface area contributed by atoms with Gasteiger partial charge in [-0.15, -0.1) is 0 Å². The van der Waals surface area contributed by atoms with E-state index in [4.69, 9.17) is 14.7 Å². The summed E-state index contributed by atoms with van der Waals surface area (Å²) in [7, 11) is 2.14. The number of anilines is 1. The van der Waals surface area contributed by atoms with Crippen molar-refractivity contribution < 1.29 is 9.84 Å². The highest BCUT2D eigenvalue weighted by Gasteiger charge is 2.26. The molecule has 0 bridgehead atoms. The zero-order valence-electron chi connectivity index (χ0n) is 19.2. The van der Waals surface area contributed by atoms with E-state index in [0.717, 1.165) is 80.9 Å². The molecule has 2 aromatic rings. The molecule has 0 spiro atoms. The van der Waals surface area contributed by atoms with Gasteiger partial charge in [0.15, 0.2) is 0 Å². The average molecular weight is 428 g/mol. The highest BCUT2D eigenvalue weighted by molar-refractivity contribution is 5.86. The predicted octanol–water partition coefficient (Wildman–Crippen LogP) is 4.12. The first-order chi connectivity index (χ1) is 15.0. The number of nitrogens with zero attached hydrogens (tertiary/aromatic N) is 4. The number of aliphatic hydroxyl groups excluding tert-OH is 1. The van der Waals surface area contributed by atoms with Crippen LogP contribution in [0.25, 0.3) is 10.9 Å². The molecule has 2 atom stereocenters. The number of hydrogen-bond donors (Lipinski definition) is 2. The van der Waals surface area contributed by atoms with E-state index in [-0.39, 0.29) is 12.2 Å². The molecule has 3 heterocycles. The van der Waals surface area contributed by atoms with Crippen molar-refractivity contribution in [1.29, 1.82) is 0 Å². The van der Waals surface area contributed by atoms with Gasteiger partial charge < -0.3 is 20.1 Å². The van der Waals surface area contributed by atoms with Crippen molar-refractivity contribution in [2.24, 2.45) is 0 Å². The summed E-state index contributed by atoms with van der Waals surface area (Å²) in [5.74, 6) is 1.67. The first-order valence-corrected chi connectivity index (χ1v) is 12.0. The SMILES string of the molecule is CCCC(C)Nc1ncc2c(O[C@@H]3CCCN(C)C3)ncc([C@H]3CC[C@H](O)CC3)c2n1. The fourth-order valence-electron chi connectivity index (χ4n) is 4.96. The zero-order chi connectivity index (χ0) is 21.8. The number of rotatable bonds is 7. The molecule has 1 saturated heterocycles. The van der Waals surface area contributed by atoms with Crippen LogP contribution in [-0.4, -0.2) is 63.3 Å². The predicted molar refractivity (Wildman–Crippen MR) is 124 cm³/mol. The second kappa shape index (κ2) is 10.1. The lowest BCUT2D eigenvalue weighted by Crippen LogP contribution is -2.38. The Bertz CT molecular complexity index is 868. The molecule has 4 rings (SSSR count). The van der Waals surface area contributed by atoms with Crippen LogP contribution in [0, 0.1) is 0 Å². The van der Waals surface area contributed by atoms with Gasteiger partial charge in [-0.3, -0.25) is 0 Å². The third kappa shape index (κ3) is 5.44. The number of likely N-dealkylation sites (tertiary alicyclic amines) is 1. The summed E-state index contributed by atoms with van der Waals surface area (Å²) in [6.07, 6.45) is 11.8. The summed E-state index contributed by atoms with van der Waals surface area (Å²) in [6.45, 7) is 6.39. The fraction of sp³-hybridized carbons (Fsp3) is 0.708. The molecule has 2 N–H and O–H groups in total. The molecular formula is C24H37N5O2. The van der Waals surface area contributed by atoms with Crippen LogP contribution in [0.4, 0.5) is 5.95 Å². The molecule has 0 aromatic carbocycles. The third-order valence-corrected chi connectivity index (χ3v) is 6.71. The Morgan fingerprint density at radius 3 is 2.74 bits per heavy atom. The summed E-state index contributed by atoms with van der Waals surface area (Å²) in [6, 6.07) is 0.325. The number of piperidine rings is 1. The van der Waals surface area contributed by atoms with Gasteiger partial charge in [0.1, 0.15) is 6.10 Å². The van der Waals surface area contributed by atoms with Crippen molar-refractivity contribution in [1.82, 2.24) is 19.9 Å². The summed E-state index contributed by atoms with van der Waals surface area (Å²) < 4.78 is 6.36. The van der Waals surface area contributed by atoms with Gasteiger partial charge in [-0.1, -0.05) is 13.3 Å². The number of aromatic nitrogens is 3. The Kier molecular flexibility index (Phi) is 7.23. The van der Waals surface area contributed by atoms with Gasteiger partial charge >= 0.3 is 0 Å². The van der Waals surface area contributed by atoms with E-state index in [1.165, 1.54) is 0 Å². The first kappa shape index (κ1) is 22.2. The van der Waals surface area contributed by atoms with Crippen molar-refractivity contribution in [3.8, 4) is 5.88 Å². The fourth-order valence-corrected chi connectivity index (χ4v) is 4.96. The van der Waals surface area contributed by atoms with Gasteiger partial charge in [0, 0.05) is 30.5 Å². The number of hydrogen-bond acceptors (Lipinski definition) is 7. The number of pyridine rings is 1. The molecule has 2 aromatic heterocycles. The van der Waals surface area contributed by atoms with Gasteiger partial charge in [-0.2, -0.15) is 0 Å². The van der Waals surface area contributed by atoms with Crippen LogP contribution in [0.15, 0.2) is 12.4 Å². The molecule has 2 fully saturated rings. The van der Waals surface area contributed by atoms with Crippen molar-refractivity contribution in [3.05, 3.63) is 18.0 Å². The first-order valence-electron chi connectivity index (χ1n) is 12.0. The minimum atomic E-state index is -0.178. The standard InChI is InChI=1S/C24H37N5O2/c1-4-6-16(2)27-24-26-14-21-22(28-24)20(17-8-10-18(30)11-9-17)13-25-23(21)31-19-7-5-12-29(3)15-19/h13-14,16-19,30H,4-12,15H2,1-3H3,(H,26,27,28)/t16?,17-,18-,19-/m1/s1. The maximum Gasteiger partial charge on any atom is 0.224 e. The van der Waals surface area contributed by atoms with E-state index >= 15 is 0 Å². The van der Waals surface area contributed by atoms with Crippen LogP contribution in [0.5, 0.6) is 5.88 Å². The highest BCUT2D eigenvalue weighted by Crippen LogP contribution is 2.38. The summed E-state index contributed by atoms with van der Waals surface area (Å²) >= 11 is 0. The van der Waals surface area contributed by atoms with Gasteiger partial charge in [0.2, 0.25) is 11.8 Å². The van der Waals surface area contributed by atoms with Crippen LogP contribution in [0.1, 0.15) is 76.7 Å². The van der Waals surface area contributed by atoms with Crippen molar-refractivity contribution >= 4 is 16.9 Å². The van der Waals surface area contributed by atoms with E-state index < -0.39 is 0 Å². The number of aliphatic hydroxyl groups is 1. The highest BCUT2D eigenvalue weighted by atomic mass is 16.5. The molecule has 1 aliphatic carbocycles. The molecule has 0 radical (unpaired) electrons. The quantitative estimate of drug-likeness (QED) is 0.688. The van der Waals surface area contributed by atoms with Crippen LogP contribution >= 0.6 is 0 Å². The van der Waals surface area contributed by atoms with Crippen LogP contribution < -0.4 is 10.1 Å². The van der Waals surface area contributed by atoms with Crippen LogP contribution in [0.3, 0.4) is 0 Å². The molecule has 1 aliphatic heterocycles. The Labute approximate surface area is 185 Å². The Morgan fingerprint density at radius 2 is 2.00 bits per heavy atom. The lowest BCUT2D eigenvalue weighted by molar-refractivity contribution is 0.101. The second-order valence-corrected chi connectivity index (χ2v) is 9.46. The van der Waals surface area contributed by atoms with E-state index in [1.54, 1.807) is 0 Å². The Balaban J connectivity index is 1.66. The monoisotopic (exact) mass is 427 g/mol.